The zero-order valence-corrected chi connectivity index (χ0v) is 13.2. The highest BCUT2D eigenvalue weighted by molar-refractivity contribution is 5.70. The van der Waals surface area contributed by atoms with Gasteiger partial charge in [-0.15, -0.1) is 0 Å². The molecule has 0 bridgehead atoms. The van der Waals surface area contributed by atoms with E-state index in [1.807, 2.05) is 32.6 Å². The molecule has 4 heteroatoms. The Labute approximate surface area is 131 Å². The Morgan fingerprint density at radius 3 is 1.77 bits per heavy atom. The van der Waals surface area contributed by atoms with Crippen molar-refractivity contribution in [2.45, 2.75) is 0 Å². The van der Waals surface area contributed by atoms with Gasteiger partial charge in [0.15, 0.2) is 23.8 Å². The molecule has 110 valence electrons. The van der Waals surface area contributed by atoms with Crippen molar-refractivity contribution in [2.24, 2.45) is 21.1 Å². The molecule has 0 saturated carbocycles. The molecule has 0 aromatic carbocycles. The van der Waals surface area contributed by atoms with Gasteiger partial charge in [-0.2, -0.15) is 4.90 Å². The summed E-state index contributed by atoms with van der Waals surface area (Å²) in [5.41, 5.74) is 2.25. The highest BCUT2D eigenvalue weighted by Gasteiger charge is 2.26. The summed E-state index contributed by atoms with van der Waals surface area (Å²) in [6, 6.07) is 14.6. The second-order valence-electron chi connectivity index (χ2n) is 5.46. The molecule has 3 rings (SSSR count). The zero-order chi connectivity index (χ0) is 15.5. The molecule has 0 aliphatic carbocycles. The molecule has 3 heterocycles. The fourth-order valence-corrected chi connectivity index (χ4v) is 2.57. The van der Waals surface area contributed by atoms with Gasteiger partial charge in [0.25, 0.3) is 5.82 Å². The van der Waals surface area contributed by atoms with Crippen LogP contribution < -0.4 is 18.6 Å². The van der Waals surface area contributed by atoms with Crippen LogP contribution in [0.25, 0.3) is 0 Å². The summed E-state index contributed by atoms with van der Waals surface area (Å²) in [6.45, 7) is 0. The SMILES string of the molecule is C[n+]1cccc(N(c2ccc[n+](C)c2)c2cccc[n+]2C)c1. The van der Waals surface area contributed by atoms with Gasteiger partial charge in [0, 0.05) is 18.2 Å². The standard InChI is InChI=1S/C18H21N4/c1-19-11-6-8-16(14-19)22(17-9-7-12-20(2)15-17)18-10-4-5-13-21(18)3/h4-15H,1-3H3/q+3. The lowest BCUT2D eigenvalue weighted by Gasteiger charge is -2.15. The van der Waals surface area contributed by atoms with Crippen molar-refractivity contribution in [1.82, 2.24) is 0 Å². The molecule has 22 heavy (non-hydrogen) atoms. The molecule has 3 aromatic heterocycles. The van der Waals surface area contributed by atoms with E-state index in [9.17, 15) is 0 Å². The summed E-state index contributed by atoms with van der Waals surface area (Å²) in [6.07, 6.45) is 10.4. The first-order valence-corrected chi connectivity index (χ1v) is 7.30. The second kappa shape index (κ2) is 5.93. The van der Waals surface area contributed by atoms with E-state index in [4.69, 9.17) is 0 Å². The third-order valence-electron chi connectivity index (χ3n) is 3.62. The Morgan fingerprint density at radius 2 is 1.27 bits per heavy atom. The minimum absolute atomic E-state index is 1.11. The van der Waals surface area contributed by atoms with Crippen LogP contribution in [0.2, 0.25) is 0 Å². The largest absolute Gasteiger partial charge is 0.287 e. The van der Waals surface area contributed by atoms with Crippen molar-refractivity contribution in [2.75, 3.05) is 4.90 Å². The van der Waals surface area contributed by atoms with Crippen LogP contribution in [0, 0.1) is 0 Å². The van der Waals surface area contributed by atoms with Crippen LogP contribution in [0.3, 0.4) is 0 Å². The minimum Gasteiger partial charge on any atom is -0.237 e. The van der Waals surface area contributed by atoms with E-state index in [0.717, 1.165) is 17.2 Å². The van der Waals surface area contributed by atoms with Gasteiger partial charge in [-0.25, -0.2) is 13.7 Å². The maximum absolute atomic E-state index is 2.25. The number of pyridine rings is 3. The molecule has 0 aliphatic rings. The minimum atomic E-state index is 1.11. The van der Waals surface area contributed by atoms with Crippen molar-refractivity contribution in [3.05, 3.63) is 73.4 Å². The first-order valence-electron chi connectivity index (χ1n) is 7.30. The lowest BCUT2D eigenvalue weighted by molar-refractivity contribution is -0.672. The van der Waals surface area contributed by atoms with Crippen LogP contribution in [0.4, 0.5) is 17.2 Å². The molecule has 0 atom stereocenters. The molecular formula is C18H21N4+3. The van der Waals surface area contributed by atoms with Gasteiger partial charge >= 0.3 is 0 Å². The Hall–Kier alpha value is -2.75. The van der Waals surface area contributed by atoms with E-state index >= 15 is 0 Å². The maximum atomic E-state index is 2.25. The average Bonchev–Trinajstić information content (AvgIpc) is 2.50. The molecule has 0 aliphatic heterocycles. The zero-order valence-electron chi connectivity index (χ0n) is 13.2. The van der Waals surface area contributed by atoms with Gasteiger partial charge in [0.2, 0.25) is 12.4 Å². The Morgan fingerprint density at radius 1 is 0.682 bits per heavy atom. The van der Waals surface area contributed by atoms with Gasteiger partial charge in [-0.3, -0.25) is 0 Å². The van der Waals surface area contributed by atoms with Crippen LogP contribution in [0.15, 0.2) is 73.4 Å². The molecule has 0 N–H and O–H groups in total. The number of hydrogen-bond acceptors (Lipinski definition) is 1. The van der Waals surface area contributed by atoms with Crippen LogP contribution in [0.5, 0.6) is 0 Å². The fraction of sp³-hybridized carbons (Fsp3) is 0.167. The van der Waals surface area contributed by atoms with Gasteiger partial charge in [0.05, 0.1) is 13.2 Å². The van der Waals surface area contributed by atoms with Gasteiger partial charge in [-0.1, -0.05) is 6.07 Å². The second-order valence-corrected chi connectivity index (χ2v) is 5.46. The summed E-state index contributed by atoms with van der Waals surface area (Å²) in [7, 11) is 6.14. The Balaban J connectivity index is 2.21. The molecular weight excluding hydrogens is 272 g/mol. The molecule has 3 aromatic rings. The maximum Gasteiger partial charge on any atom is 0.287 e. The van der Waals surface area contributed by atoms with E-state index in [1.54, 1.807) is 0 Å². The van der Waals surface area contributed by atoms with E-state index in [-0.39, 0.29) is 0 Å². The molecule has 0 spiro atoms. The predicted molar refractivity (Wildman–Crippen MR) is 84.7 cm³/mol. The number of rotatable bonds is 3. The predicted octanol–water partition coefficient (Wildman–Crippen LogP) is 1.63. The summed E-state index contributed by atoms with van der Waals surface area (Å²) < 4.78 is 6.25. The number of aryl methyl sites for hydroxylation is 3. The van der Waals surface area contributed by atoms with E-state index in [2.05, 4.69) is 80.6 Å². The Kier molecular flexibility index (Phi) is 3.83. The van der Waals surface area contributed by atoms with Gasteiger partial charge < -0.3 is 0 Å². The summed E-state index contributed by atoms with van der Waals surface area (Å²) in [4.78, 5) is 2.25. The third kappa shape index (κ3) is 2.81. The lowest BCUT2D eigenvalue weighted by atomic mass is 10.2. The van der Waals surface area contributed by atoms with Crippen LogP contribution in [0.1, 0.15) is 0 Å². The number of hydrogen-bond donors (Lipinski definition) is 0. The normalized spacial score (nSPS) is 10.5. The summed E-state index contributed by atoms with van der Waals surface area (Å²) in [5, 5.41) is 0. The number of nitrogens with zero attached hydrogens (tertiary/aromatic N) is 4. The van der Waals surface area contributed by atoms with Crippen molar-refractivity contribution in [1.29, 1.82) is 0 Å². The topological polar surface area (TPSA) is 14.9 Å². The van der Waals surface area contributed by atoms with Gasteiger partial charge in [0.1, 0.15) is 14.1 Å². The number of anilines is 3. The first-order chi connectivity index (χ1) is 10.6. The molecule has 0 saturated heterocycles. The molecule has 0 fully saturated rings. The first kappa shape index (κ1) is 14.2. The molecule has 0 unspecified atom stereocenters. The molecule has 4 nitrogen and oxygen atoms in total. The van der Waals surface area contributed by atoms with Crippen molar-refractivity contribution >= 4 is 17.2 Å². The lowest BCUT2D eigenvalue weighted by Crippen LogP contribution is -2.37. The smallest absolute Gasteiger partial charge is 0.237 e. The highest BCUT2D eigenvalue weighted by Crippen LogP contribution is 2.29. The monoisotopic (exact) mass is 293 g/mol. The molecule has 0 radical (unpaired) electrons. The van der Waals surface area contributed by atoms with E-state index in [0.29, 0.717) is 0 Å². The fourth-order valence-electron chi connectivity index (χ4n) is 2.57. The third-order valence-corrected chi connectivity index (χ3v) is 3.62. The quantitative estimate of drug-likeness (QED) is 0.670. The summed E-state index contributed by atoms with van der Waals surface area (Å²) >= 11 is 0. The summed E-state index contributed by atoms with van der Waals surface area (Å²) in [5.74, 6) is 1.11. The highest BCUT2D eigenvalue weighted by atomic mass is 15.2. The molecule has 0 amide bonds. The van der Waals surface area contributed by atoms with Gasteiger partial charge in [-0.05, 0) is 18.2 Å². The average molecular weight is 293 g/mol. The van der Waals surface area contributed by atoms with Crippen LogP contribution in [-0.2, 0) is 21.1 Å². The van der Waals surface area contributed by atoms with E-state index < -0.39 is 0 Å². The van der Waals surface area contributed by atoms with Crippen molar-refractivity contribution in [3.8, 4) is 0 Å². The number of aromatic nitrogens is 3. The van der Waals surface area contributed by atoms with Crippen LogP contribution >= 0.6 is 0 Å². The Bertz CT molecular complexity index is 753. The van der Waals surface area contributed by atoms with E-state index in [1.165, 1.54) is 0 Å². The van der Waals surface area contributed by atoms with Crippen LogP contribution in [-0.4, -0.2) is 0 Å². The van der Waals surface area contributed by atoms with Crippen molar-refractivity contribution < 1.29 is 13.7 Å². The van der Waals surface area contributed by atoms with Crippen molar-refractivity contribution in [3.63, 3.8) is 0 Å².